The number of esters is 1. The zero-order valence-electron chi connectivity index (χ0n) is 11.2. The fraction of sp³-hybridized carbons (Fsp3) is 0.214. The van der Waals surface area contributed by atoms with E-state index >= 15 is 0 Å². The summed E-state index contributed by atoms with van der Waals surface area (Å²) in [6.45, 7) is 0.358. The third-order valence-corrected chi connectivity index (χ3v) is 3.11. The first-order valence-corrected chi connectivity index (χ1v) is 6.83. The van der Waals surface area contributed by atoms with E-state index in [9.17, 15) is 4.79 Å². The summed E-state index contributed by atoms with van der Waals surface area (Å²) in [4.78, 5) is 19.5. The number of nitrogens with zero attached hydrogens (tertiary/aromatic N) is 2. The lowest BCUT2D eigenvalue weighted by atomic mass is 10.2. The molecule has 0 bridgehead atoms. The first-order chi connectivity index (χ1) is 10.1. The molecule has 2 aromatic heterocycles. The number of rotatable bonds is 5. The Kier molecular flexibility index (Phi) is 5.36. The van der Waals surface area contributed by atoms with Crippen LogP contribution in [0.25, 0.3) is 0 Å². The summed E-state index contributed by atoms with van der Waals surface area (Å²) in [5, 5.41) is 0.638. The van der Waals surface area contributed by atoms with Crippen molar-refractivity contribution in [3.8, 4) is 5.75 Å². The van der Waals surface area contributed by atoms with Gasteiger partial charge in [0.1, 0.15) is 15.9 Å². The Morgan fingerprint density at radius 3 is 2.62 bits per heavy atom. The van der Waals surface area contributed by atoms with E-state index < -0.39 is 5.97 Å². The van der Waals surface area contributed by atoms with Crippen molar-refractivity contribution in [1.82, 2.24) is 9.97 Å². The molecule has 0 radical (unpaired) electrons. The quantitative estimate of drug-likeness (QED) is 0.623. The second kappa shape index (κ2) is 7.24. The highest BCUT2D eigenvalue weighted by molar-refractivity contribution is 6.29. The third kappa shape index (κ3) is 4.31. The fourth-order valence-electron chi connectivity index (χ4n) is 1.63. The van der Waals surface area contributed by atoms with E-state index in [0.29, 0.717) is 23.9 Å². The predicted molar refractivity (Wildman–Crippen MR) is 79.0 cm³/mol. The normalized spacial score (nSPS) is 10.2. The van der Waals surface area contributed by atoms with Crippen LogP contribution in [0.2, 0.25) is 10.3 Å². The largest absolute Gasteiger partial charge is 0.491 e. The van der Waals surface area contributed by atoms with Crippen molar-refractivity contribution in [2.45, 2.75) is 6.42 Å². The average molecular weight is 327 g/mol. The maximum absolute atomic E-state index is 11.6. The zero-order valence-corrected chi connectivity index (χ0v) is 12.7. The van der Waals surface area contributed by atoms with Gasteiger partial charge in [0.25, 0.3) is 0 Å². The van der Waals surface area contributed by atoms with Crippen LogP contribution in [-0.4, -0.2) is 29.7 Å². The molecule has 5 nitrogen and oxygen atoms in total. The lowest BCUT2D eigenvalue weighted by Crippen LogP contribution is -2.08. The number of hydrogen-bond acceptors (Lipinski definition) is 5. The molecule has 0 saturated heterocycles. The highest BCUT2D eigenvalue weighted by Crippen LogP contribution is 2.21. The average Bonchev–Trinajstić information content (AvgIpc) is 2.50. The molecule has 0 aliphatic heterocycles. The predicted octanol–water partition coefficient (Wildman–Crippen LogP) is 3.19. The van der Waals surface area contributed by atoms with Crippen LogP contribution in [0.5, 0.6) is 5.75 Å². The topological polar surface area (TPSA) is 61.3 Å². The van der Waals surface area contributed by atoms with Gasteiger partial charge in [-0.1, -0.05) is 29.3 Å². The number of aromatic nitrogens is 2. The van der Waals surface area contributed by atoms with Crippen molar-refractivity contribution in [3.05, 3.63) is 52.0 Å². The molecule has 0 atom stereocenters. The molecule has 7 heteroatoms. The van der Waals surface area contributed by atoms with E-state index in [1.54, 1.807) is 12.3 Å². The Morgan fingerprint density at radius 1 is 1.19 bits per heavy atom. The van der Waals surface area contributed by atoms with Crippen LogP contribution >= 0.6 is 23.2 Å². The molecule has 0 saturated carbocycles. The molecule has 2 heterocycles. The van der Waals surface area contributed by atoms with E-state index in [1.165, 1.54) is 19.4 Å². The molecule has 110 valence electrons. The summed E-state index contributed by atoms with van der Waals surface area (Å²) in [5.74, 6) is -0.198. The molecule has 0 unspecified atom stereocenters. The van der Waals surface area contributed by atoms with Crippen molar-refractivity contribution in [2.24, 2.45) is 0 Å². The van der Waals surface area contributed by atoms with E-state index in [4.69, 9.17) is 27.9 Å². The Morgan fingerprint density at radius 2 is 1.95 bits per heavy atom. The molecule has 0 fully saturated rings. The molecule has 0 aliphatic carbocycles. The van der Waals surface area contributed by atoms with Gasteiger partial charge >= 0.3 is 5.97 Å². The highest BCUT2D eigenvalue weighted by atomic mass is 35.5. The minimum Gasteiger partial charge on any atom is -0.491 e. The lowest BCUT2D eigenvalue weighted by Gasteiger charge is -2.10. The first-order valence-electron chi connectivity index (χ1n) is 6.07. The van der Waals surface area contributed by atoms with Crippen LogP contribution in [-0.2, 0) is 11.2 Å². The zero-order chi connectivity index (χ0) is 15.2. The van der Waals surface area contributed by atoms with E-state index in [-0.39, 0.29) is 10.7 Å². The minimum atomic E-state index is -0.526. The maximum Gasteiger partial charge on any atom is 0.341 e. The Labute approximate surface area is 131 Å². The molecular weight excluding hydrogens is 315 g/mol. The Bertz CT molecular complexity index is 633. The smallest absolute Gasteiger partial charge is 0.341 e. The summed E-state index contributed by atoms with van der Waals surface area (Å²) in [6.07, 6.45) is 3.69. The standard InChI is InChI=1S/C14H12Cl2N2O3/c1-20-14(19)10-6-13(16)18-8-11(10)21-5-4-9-2-3-12(15)17-7-9/h2-3,6-8H,4-5H2,1H3. The molecule has 0 aliphatic rings. The molecule has 21 heavy (non-hydrogen) atoms. The monoisotopic (exact) mass is 326 g/mol. The van der Waals surface area contributed by atoms with Crippen LogP contribution in [0.4, 0.5) is 0 Å². The highest BCUT2D eigenvalue weighted by Gasteiger charge is 2.14. The molecule has 0 spiro atoms. The summed E-state index contributed by atoms with van der Waals surface area (Å²) >= 11 is 11.5. The Hall–Kier alpha value is -1.85. The van der Waals surface area contributed by atoms with Gasteiger partial charge in [-0.05, 0) is 17.7 Å². The van der Waals surface area contributed by atoms with Gasteiger partial charge in [-0.2, -0.15) is 0 Å². The molecular formula is C14H12Cl2N2O3. The SMILES string of the molecule is COC(=O)c1cc(Cl)ncc1OCCc1ccc(Cl)nc1. The van der Waals surface area contributed by atoms with E-state index in [2.05, 4.69) is 14.7 Å². The van der Waals surface area contributed by atoms with Gasteiger partial charge in [-0.3, -0.25) is 0 Å². The van der Waals surface area contributed by atoms with Crippen LogP contribution in [0.3, 0.4) is 0 Å². The van der Waals surface area contributed by atoms with E-state index in [0.717, 1.165) is 5.56 Å². The molecule has 2 rings (SSSR count). The van der Waals surface area contributed by atoms with Crippen LogP contribution in [0.1, 0.15) is 15.9 Å². The number of carbonyl (C=O) groups is 1. The van der Waals surface area contributed by atoms with Crippen molar-refractivity contribution in [3.63, 3.8) is 0 Å². The summed E-state index contributed by atoms with van der Waals surface area (Å²) in [5.41, 5.74) is 1.22. The van der Waals surface area contributed by atoms with Gasteiger partial charge in [-0.25, -0.2) is 14.8 Å². The van der Waals surface area contributed by atoms with Crippen LogP contribution in [0, 0.1) is 0 Å². The summed E-state index contributed by atoms with van der Waals surface area (Å²) < 4.78 is 10.2. The lowest BCUT2D eigenvalue weighted by molar-refractivity contribution is 0.0596. The first kappa shape index (κ1) is 15.5. The molecule has 0 N–H and O–H groups in total. The second-order valence-electron chi connectivity index (χ2n) is 4.08. The fourth-order valence-corrected chi connectivity index (χ4v) is 1.90. The minimum absolute atomic E-state index is 0.199. The number of carbonyl (C=O) groups excluding carboxylic acids is 1. The second-order valence-corrected chi connectivity index (χ2v) is 4.86. The third-order valence-electron chi connectivity index (χ3n) is 2.68. The Balaban J connectivity index is 2.02. The number of hydrogen-bond donors (Lipinski definition) is 0. The number of ether oxygens (including phenoxy) is 2. The number of halogens is 2. The molecule has 2 aromatic rings. The molecule has 0 aromatic carbocycles. The summed E-state index contributed by atoms with van der Waals surface area (Å²) in [7, 11) is 1.29. The van der Waals surface area contributed by atoms with E-state index in [1.807, 2.05) is 6.07 Å². The van der Waals surface area contributed by atoms with Gasteiger partial charge in [-0.15, -0.1) is 0 Å². The summed E-state index contributed by atoms with van der Waals surface area (Å²) in [6, 6.07) is 4.98. The van der Waals surface area contributed by atoms with Gasteiger partial charge in [0, 0.05) is 12.6 Å². The number of methoxy groups -OCH3 is 1. The van der Waals surface area contributed by atoms with Gasteiger partial charge in [0.05, 0.1) is 19.9 Å². The van der Waals surface area contributed by atoms with Crippen molar-refractivity contribution < 1.29 is 14.3 Å². The van der Waals surface area contributed by atoms with Crippen molar-refractivity contribution >= 4 is 29.2 Å². The van der Waals surface area contributed by atoms with Gasteiger partial charge in [0.2, 0.25) is 0 Å². The van der Waals surface area contributed by atoms with Crippen LogP contribution < -0.4 is 4.74 Å². The number of pyridine rings is 2. The van der Waals surface area contributed by atoms with Crippen molar-refractivity contribution in [2.75, 3.05) is 13.7 Å². The maximum atomic E-state index is 11.6. The van der Waals surface area contributed by atoms with Crippen molar-refractivity contribution in [1.29, 1.82) is 0 Å². The van der Waals surface area contributed by atoms with Gasteiger partial charge in [0.15, 0.2) is 5.75 Å². The van der Waals surface area contributed by atoms with Crippen LogP contribution in [0.15, 0.2) is 30.6 Å². The molecule has 0 amide bonds. The van der Waals surface area contributed by atoms with Gasteiger partial charge < -0.3 is 9.47 Å².